The topological polar surface area (TPSA) is 55.1 Å². The number of carbonyl (C=O) groups excluding carboxylic acids is 1. The summed E-state index contributed by atoms with van der Waals surface area (Å²) in [6.45, 7) is 4.57. The summed E-state index contributed by atoms with van der Waals surface area (Å²) >= 11 is 0. The molecular formula is C19H25ClN2O. The summed E-state index contributed by atoms with van der Waals surface area (Å²) in [7, 11) is 0. The summed E-state index contributed by atoms with van der Waals surface area (Å²) in [6.07, 6.45) is 0.833. The summed E-state index contributed by atoms with van der Waals surface area (Å²) < 4.78 is 0. The van der Waals surface area contributed by atoms with Gasteiger partial charge in [-0.1, -0.05) is 67.1 Å². The van der Waals surface area contributed by atoms with Gasteiger partial charge in [0.2, 0.25) is 5.91 Å². The van der Waals surface area contributed by atoms with Crippen LogP contribution in [0.2, 0.25) is 0 Å². The zero-order chi connectivity index (χ0) is 15.9. The molecule has 4 heteroatoms. The molecule has 0 aliphatic heterocycles. The lowest BCUT2D eigenvalue weighted by Gasteiger charge is -2.19. The van der Waals surface area contributed by atoms with Crippen molar-refractivity contribution in [1.29, 1.82) is 0 Å². The second-order valence-electron chi connectivity index (χ2n) is 5.75. The molecule has 1 amide bonds. The lowest BCUT2D eigenvalue weighted by molar-refractivity contribution is -0.125. The van der Waals surface area contributed by atoms with Crippen LogP contribution in [0.3, 0.4) is 0 Å². The van der Waals surface area contributed by atoms with Crippen LogP contribution < -0.4 is 11.1 Å². The van der Waals surface area contributed by atoms with Crippen molar-refractivity contribution in [1.82, 2.24) is 5.32 Å². The second kappa shape index (κ2) is 9.33. The Bertz CT molecular complexity index is 599. The molecule has 2 aromatic rings. The van der Waals surface area contributed by atoms with Crippen LogP contribution in [0.25, 0.3) is 0 Å². The van der Waals surface area contributed by atoms with Gasteiger partial charge < -0.3 is 11.1 Å². The third-order valence-electron chi connectivity index (χ3n) is 3.97. The van der Waals surface area contributed by atoms with Gasteiger partial charge in [0.1, 0.15) is 0 Å². The Morgan fingerprint density at radius 2 is 1.70 bits per heavy atom. The van der Waals surface area contributed by atoms with Crippen LogP contribution in [-0.4, -0.2) is 12.5 Å². The molecule has 0 saturated carbocycles. The number of carbonyl (C=O) groups is 1. The lowest BCUT2D eigenvalue weighted by atomic mass is 9.94. The first kappa shape index (κ1) is 19.2. The lowest BCUT2D eigenvalue weighted by Crippen LogP contribution is -2.36. The highest BCUT2D eigenvalue weighted by molar-refractivity contribution is 5.85. The summed E-state index contributed by atoms with van der Waals surface area (Å²) in [5, 5.41) is 2.98. The Balaban J connectivity index is 0.00000264. The Hall–Kier alpha value is -1.84. The van der Waals surface area contributed by atoms with Gasteiger partial charge in [-0.05, 0) is 24.5 Å². The maximum atomic E-state index is 12.2. The van der Waals surface area contributed by atoms with E-state index in [0.29, 0.717) is 6.54 Å². The van der Waals surface area contributed by atoms with Gasteiger partial charge in [-0.2, -0.15) is 0 Å². The summed E-state index contributed by atoms with van der Waals surface area (Å²) in [5.41, 5.74) is 9.64. The van der Waals surface area contributed by atoms with Crippen molar-refractivity contribution < 1.29 is 4.79 Å². The van der Waals surface area contributed by atoms with E-state index in [0.717, 1.165) is 12.0 Å². The molecule has 2 unspecified atom stereocenters. The summed E-state index contributed by atoms with van der Waals surface area (Å²) in [5.74, 6) is -0.246. The molecule has 124 valence electrons. The van der Waals surface area contributed by atoms with Crippen molar-refractivity contribution in [3.63, 3.8) is 0 Å². The Morgan fingerprint density at radius 3 is 2.30 bits per heavy atom. The van der Waals surface area contributed by atoms with Crippen molar-refractivity contribution >= 4 is 18.3 Å². The second-order valence-corrected chi connectivity index (χ2v) is 5.75. The summed E-state index contributed by atoms with van der Waals surface area (Å²) in [4.78, 5) is 12.2. The zero-order valence-corrected chi connectivity index (χ0v) is 14.5. The molecule has 3 nitrogen and oxygen atoms in total. The van der Waals surface area contributed by atoms with Crippen LogP contribution in [0, 0.1) is 12.8 Å². The number of rotatable bonds is 6. The average Bonchev–Trinajstić information content (AvgIpc) is 2.56. The van der Waals surface area contributed by atoms with Crippen LogP contribution in [0.5, 0.6) is 0 Å². The van der Waals surface area contributed by atoms with E-state index in [1.165, 1.54) is 11.1 Å². The SMILES string of the molecule is Cc1ccc(CCNC(=O)C(C)C(N)c2ccccc2)cc1.Cl. The van der Waals surface area contributed by atoms with Crippen LogP contribution in [0.4, 0.5) is 0 Å². The van der Waals surface area contributed by atoms with E-state index in [1.807, 2.05) is 37.3 Å². The fourth-order valence-electron chi connectivity index (χ4n) is 2.37. The Kier molecular flexibility index (Phi) is 7.79. The van der Waals surface area contributed by atoms with Gasteiger partial charge in [0, 0.05) is 12.6 Å². The van der Waals surface area contributed by atoms with Crippen LogP contribution in [-0.2, 0) is 11.2 Å². The highest BCUT2D eigenvalue weighted by Gasteiger charge is 2.21. The van der Waals surface area contributed by atoms with E-state index in [9.17, 15) is 4.79 Å². The molecule has 0 bridgehead atoms. The number of benzene rings is 2. The number of nitrogens with two attached hydrogens (primary N) is 1. The first-order valence-corrected chi connectivity index (χ1v) is 7.71. The zero-order valence-electron chi connectivity index (χ0n) is 13.7. The van der Waals surface area contributed by atoms with E-state index in [4.69, 9.17) is 5.73 Å². The molecule has 2 rings (SSSR count). The third kappa shape index (κ3) is 5.70. The highest BCUT2D eigenvalue weighted by Crippen LogP contribution is 2.18. The molecule has 3 N–H and O–H groups in total. The number of nitrogens with one attached hydrogen (secondary N) is 1. The van der Waals surface area contributed by atoms with Gasteiger partial charge in [-0.3, -0.25) is 4.79 Å². The molecular weight excluding hydrogens is 308 g/mol. The van der Waals surface area contributed by atoms with Crippen LogP contribution >= 0.6 is 12.4 Å². The number of hydrogen-bond donors (Lipinski definition) is 2. The van der Waals surface area contributed by atoms with Gasteiger partial charge in [0.25, 0.3) is 0 Å². The number of hydrogen-bond acceptors (Lipinski definition) is 2. The Morgan fingerprint density at radius 1 is 1.09 bits per heavy atom. The molecule has 0 aromatic heterocycles. The summed E-state index contributed by atoms with van der Waals surface area (Å²) in [6, 6.07) is 17.8. The molecule has 2 aromatic carbocycles. The minimum atomic E-state index is -0.277. The minimum Gasteiger partial charge on any atom is -0.355 e. The molecule has 0 saturated heterocycles. The molecule has 0 spiro atoms. The smallest absolute Gasteiger partial charge is 0.224 e. The van der Waals surface area contributed by atoms with Gasteiger partial charge in [0.15, 0.2) is 0 Å². The Labute approximate surface area is 144 Å². The highest BCUT2D eigenvalue weighted by atomic mass is 35.5. The van der Waals surface area contributed by atoms with Crippen molar-refractivity contribution in [2.45, 2.75) is 26.3 Å². The van der Waals surface area contributed by atoms with E-state index in [1.54, 1.807) is 0 Å². The predicted octanol–water partition coefficient (Wildman–Crippen LogP) is 3.41. The molecule has 0 fully saturated rings. The first-order chi connectivity index (χ1) is 10.6. The molecule has 2 atom stereocenters. The first-order valence-electron chi connectivity index (χ1n) is 7.71. The van der Waals surface area contributed by atoms with E-state index in [2.05, 4.69) is 36.5 Å². The predicted molar refractivity (Wildman–Crippen MR) is 97.7 cm³/mol. The molecule has 23 heavy (non-hydrogen) atoms. The minimum absolute atomic E-state index is 0. The van der Waals surface area contributed by atoms with Crippen LogP contribution in [0.1, 0.15) is 29.7 Å². The van der Waals surface area contributed by atoms with Gasteiger partial charge in [0.05, 0.1) is 5.92 Å². The normalized spacial score (nSPS) is 12.8. The molecule has 0 aliphatic carbocycles. The van der Waals surface area contributed by atoms with E-state index in [-0.39, 0.29) is 30.3 Å². The quantitative estimate of drug-likeness (QED) is 0.851. The third-order valence-corrected chi connectivity index (χ3v) is 3.97. The standard InChI is InChI=1S/C19H24N2O.ClH/c1-14-8-10-16(11-9-14)12-13-21-19(22)15(2)18(20)17-6-4-3-5-7-17;/h3-11,15,18H,12-13,20H2,1-2H3,(H,21,22);1H. The van der Waals surface area contributed by atoms with Crippen molar-refractivity contribution in [2.24, 2.45) is 11.7 Å². The van der Waals surface area contributed by atoms with E-state index < -0.39 is 0 Å². The fraction of sp³-hybridized carbons (Fsp3) is 0.316. The monoisotopic (exact) mass is 332 g/mol. The fourth-order valence-corrected chi connectivity index (χ4v) is 2.37. The average molecular weight is 333 g/mol. The number of amides is 1. The van der Waals surface area contributed by atoms with Gasteiger partial charge in [-0.15, -0.1) is 12.4 Å². The van der Waals surface area contributed by atoms with Crippen molar-refractivity contribution in [2.75, 3.05) is 6.54 Å². The number of aryl methyl sites for hydroxylation is 1. The maximum Gasteiger partial charge on any atom is 0.224 e. The molecule has 0 radical (unpaired) electrons. The van der Waals surface area contributed by atoms with Crippen LogP contribution in [0.15, 0.2) is 54.6 Å². The molecule has 0 heterocycles. The molecule has 0 aliphatic rings. The largest absolute Gasteiger partial charge is 0.355 e. The van der Waals surface area contributed by atoms with Crippen molar-refractivity contribution in [3.05, 3.63) is 71.3 Å². The maximum absolute atomic E-state index is 12.2. The van der Waals surface area contributed by atoms with E-state index >= 15 is 0 Å². The van der Waals surface area contributed by atoms with Crippen molar-refractivity contribution in [3.8, 4) is 0 Å². The van der Waals surface area contributed by atoms with Gasteiger partial charge >= 0.3 is 0 Å². The van der Waals surface area contributed by atoms with Gasteiger partial charge in [-0.25, -0.2) is 0 Å². The number of halogens is 1.